The highest BCUT2D eigenvalue weighted by Gasteiger charge is 2.36. The molecule has 126 valence electrons. The van der Waals surface area contributed by atoms with Gasteiger partial charge in [0.1, 0.15) is 0 Å². The van der Waals surface area contributed by atoms with Crippen LogP contribution in [-0.2, 0) is 16.0 Å². The van der Waals surface area contributed by atoms with Crippen LogP contribution >= 0.6 is 0 Å². The Hall–Kier alpha value is -2.17. The van der Waals surface area contributed by atoms with E-state index in [1.54, 1.807) is 0 Å². The van der Waals surface area contributed by atoms with Crippen LogP contribution in [0.4, 0.5) is 0 Å². The van der Waals surface area contributed by atoms with Gasteiger partial charge in [-0.1, -0.05) is 60.7 Å². The van der Waals surface area contributed by atoms with E-state index in [2.05, 4.69) is 34.5 Å². The zero-order valence-electron chi connectivity index (χ0n) is 14.0. The first-order valence-electron chi connectivity index (χ1n) is 8.44. The number of nitrogens with one attached hydrogen (secondary N) is 1. The lowest BCUT2D eigenvalue weighted by atomic mass is 9.98. The molecule has 1 N–H and O–H groups in total. The average molecular weight is 324 g/mol. The number of ether oxygens (including phenoxy) is 1. The molecule has 0 unspecified atom stereocenters. The van der Waals surface area contributed by atoms with E-state index in [9.17, 15) is 4.79 Å². The molecule has 0 bridgehead atoms. The molecule has 1 fully saturated rings. The van der Waals surface area contributed by atoms with Crippen molar-refractivity contribution in [2.45, 2.75) is 18.6 Å². The first-order chi connectivity index (χ1) is 11.8. The lowest BCUT2D eigenvalue weighted by Gasteiger charge is -2.38. The second-order valence-electron chi connectivity index (χ2n) is 6.15. The van der Waals surface area contributed by atoms with Crippen molar-refractivity contribution in [2.24, 2.45) is 0 Å². The zero-order chi connectivity index (χ0) is 16.8. The van der Waals surface area contributed by atoms with Crippen LogP contribution in [0.2, 0.25) is 0 Å². The summed E-state index contributed by atoms with van der Waals surface area (Å²) in [5, 5.41) is 3.03. The normalized spacial score (nSPS) is 21.4. The van der Waals surface area contributed by atoms with Gasteiger partial charge in [-0.3, -0.25) is 9.69 Å². The van der Waals surface area contributed by atoms with Crippen molar-refractivity contribution in [1.29, 1.82) is 0 Å². The molecule has 3 rings (SSSR count). The number of morpholine rings is 1. The van der Waals surface area contributed by atoms with Crippen LogP contribution in [0.15, 0.2) is 60.7 Å². The number of amides is 1. The number of hydrogen-bond acceptors (Lipinski definition) is 3. The third-order valence-electron chi connectivity index (χ3n) is 4.46. The minimum Gasteiger partial charge on any atom is -0.365 e. The molecule has 0 spiro atoms. The Kier molecular flexibility index (Phi) is 5.62. The smallest absolute Gasteiger partial charge is 0.251 e. The van der Waals surface area contributed by atoms with Crippen LogP contribution in [-0.4, -0.2) is 43.7 Å². The lowest BCUT2D eigenvalue weighted by Crippen LogP contribution is -2.50. The third kappa shape index (κ3) is 4.02. The van der Waals surface area contributed by atoms with Crippen LogP contribution in [0.25, 0.3) is 0 Å². The quantitative estimate of drug-likeness (QED) is 0.918. The topological polar surface area (TPSA) is 41.6 Å². The first-order valence-corrected chi connectivity index (χ1v) is 8.44. The zero-order valence-corrected chi connectivity index (χ0v) is 14.0. The summed E-state index contributed by atoms with van der Waals surface area (Å²) in [4.78, 5) is 14.8. The minimum atomic E-state index is -0.470. The van der Waals surface area contributed by atoms with E-state index in [0.29, 0.717) is 13.2 Å². The molecular weight excluding hydrogens is 300 g/mol. The van der Waals surface area contributed by atoms with Crippen LogP contribution in [0.3, 0.4) is 0 Å². The Balaban J connectivity index is 1.63. The number of carbonyl (C=O) groups is 1. The van der Waals surface area contributed by atoms with E-state index in [0.717, 1.165) is 18.5 Å². The van der Waals surface area contributed by atoms with Crippen molar-refractivity contribution in [3.63, 3.8) is 0 Å². The molecular formula is C20H24N2O2. The summed E-state index contributed by atoms with van der Waals surface area (Å²) in [7, 11) is 2.05. The Morgan fingerprint density at radius 1 is 1.12 bits per heavy atom. The van der Waals surface area contributed by atoms with E-state index in [4.69, 9.17) is 4.74 Å². The molecule has 0 aliphatic carbocycles. The molecule has 1 aliphatic heterocycles. The summed E-state index contributed by atoms with van der Waals surface area (Å²) in [5.41, 5.74) is 2.34. The summed E-state index contributed by atoms with van der Waals surface area (Å²) in [6, 6.07) is 20.2. The van der Waals surface area contributed by atoms with Gasteiger partial charge in [0.15, 0.2) is 6.10 Å². The molecule has 1 saturated heterocycles. The molecule has 2 atom stereocenters. The highest BCUT2D eigenvalue weighted by Crippen LogP contribution is 2.28. The fraction of sp³-hybridized carbons (Fsp3) is 0.350. The van der Waals surface area contributed by atoms with Crippen molar-refractivity contribution in [1.82, 2.24) is 10.2 Å². The summed E-state index contributed by atoms with van der Waals surface area (Å²) < 4.78 is 5.83. The van der Waals surface area contributed by atoms with E-state index in [1.165, 1.54) is 5.56 Å². The fourth-order valence-electron chi connectivity index (χ4n) is 3.16. The molecule has 4 heteroatoms. The lowest BCUT2D eigenvalue weighted by molar-refractivity contribution is -0.144. The molecule has 0 radical (unpaired) electrons. The minimum absolute atomic E-state index is 0.0358. The molecule has 1 aliphatic rings. The van der Waals surface area contributed by atoms with E-state index < -0.39 is 6.10 Å². The molecule has 4 nitrogen and oxygen atoms in total. The highest BCUT2D eigenvalue weighted by molar-refractivity contribution is 5.82. The number of nitrogens with zero attached hydrogens (tertiary/aromatic N) is 1. The maximum absolute atomic E-state index is 12.7. The molecule has 24 heavy (non-hydrogen) atoms. The van der Waals surface area contributed by atoms with Gasteiger partial charge in [0.25, 0.3) is 5.91 Å². The number of rotatable bonds is 5. The number of hydrogen-bond donors (Lipinski definition) is 1. The predicted molar refractivity (Wildman–Crippen MR) is 94.7 cm³/mol. The molecule has 0 saturated carbocycles. The summed E-state index contributed by atoms with van der Waals surface area (Å²) in [6.45, 7) is 2.03. The predicted octanol–water partition coefficient (Wildman–Crippen LogP) is 2.42. The maximum atomic E-state index is 12.7. The van der Waals surface area contributed by atoms with Gasteiger partial charge in [-0.25, -0.2) is 0 Å². The Labute approximate surface area is 143 Å². The van der Waals surface area contributed by atoms with Gasteiger partial charge in [0, 0.05) is 13.1 Å². The summed E-state index contributed by atoms with van der Waals surface area (Å²) in [5.74, 6) is -0.0358. The Morgan fingerprint density at radius 2 is 1.79 bits per heavy atom. The molecule has 2 aromatic rings. The Bertz CT molecular complexity index is 645. The molecule has 1 amide bonds. The average Bonchev–Trinajstić information content (AvgIpc) is 2.63. The SMILES string of the molecule is CN1CCO[C@@H](C(=O)NCCc2ccccc2)[C@@H]1c1ccccc1. The van der Waals surface area contributed by atoms with Crippen molar-refractivity contribution < 1.29 is 9.53 Å². The van der Waals surface area contributed by atoms with Gasteiger partial charge >= 0.3 is 0 Å². The molecule has 0 aromatic heterocycles. The van der Waals surface area contributed by atoms with Gasteiger partial charge in [0.2, 0.25) is 0 Å². The third-order valence-corrected chi connectivity index (χ3v) is 4.46. The van der Waals surface area contributed by atoms with E-state index in [-0.39, 0.29) is 11.9 Å². The van der Waals surface area contributed by atoms with Crippen molar-refractivity contribution in [3.05, 3.63) is 71.8 Å². The van der Waals surface area contributed by atoms with E-state index >= 15 is 0 Å². The largest absolute Gasteiger partial charge is 0.365 e. The van der Waals surface area contributed by atoms with Crippen LogP contribution in [0.1, 0.15) is 17.2 Å². The van der Waals surface area contributed by atoms with Gasteiger partial charge in [-0.15, -0.1) is 0 Å². The number of carbonyl (C=O) groups excluding carboxylic acids is 1. The van der Waals surface area contributed by atoms with Gasteiger partial charge < -0.3 is 10.1 Å². The number of likely N-dealkylation sites (N-methyl/N-ethyl adjacent to an activating group) is 1. The van der Waals surface area contributed by atoms with Crippen molar-refractivity contribution in [3.8, 4) is 0 Å². The van der Waals surface area contributed by atoms with Gasteiger partial charge in [-0.2, -0.15) is 0 Å². The van der Waals surface area contributed by atoms with Crippen LogP contribution < -0.4 is 5.32 Å². The van der Waals surface area contributed by atoms with Crippen molar-refractivity contribution in [2.75, 3.05) is 26.7 Å². The van der Waals surface area contributed by atoms with Gasteiger partial charge in [-0.05, 0) is 24.6 Å². The second-order valence-corrected chi connectivity index (χ2v) is 6.15. The fourth-order valence-corrected chi connectivity index (χ4v) is 3.16. The van der Waals surface area contributed by atoms with Crippen LogP contribution in [0, 0.1) is 0 Å². The van der Waals surface area contributed by atoms with Crippen LogP contribution in [0.5, 0.6) is 0 Å². The van der Waals surface area contributed by atoms with E-state index in [1.807, 2.05) is 43.4 Å². The Morgan fingerprint density at radius 3 is 2.50 bits per heavy atom. The monoisotopic (exact) mass is 324 g/mol. The molecule has 1 heterocycles. The van der Waals surface area contributed by atoms with Gasteiger partial charge in [0.05, 0.1) is 12.6 Å². The van der Waals surface area contributed by atoms with Crippen molar-refractivity contribution >= 4 is 5.91 Å². The second kappa shape index (κ2) is 8.08. The first kappa shape index (κ1) is 16.7. The highest BCUT2D eigenvalue weighted by atomic mass is 16.5. The summed E-state index contributed by atoms with van der Waals surface area (Å²) in [6.07, 6.45) is 0.354. The standard InChI is InChI=1S/C20H24N2O2/c1-22-14-15-24-19(18(22)17-10-6-3-7-11-17)20(23)21-13-12-16-8-4-2-5-9-16/h2-11,18-19H,12-15H2,1H3,(H,21,23)/t18-,19+/m0/s1. The number of benzene rings is 2. The maximum Gasteiger partial charge on any atom is 0.251 e. The molecule has 2 aromatic carbocycles. The summed E-state index contributed by atoms with van der Waals surface area (Å²) >= 11 is 0.